The van der Waals surface area contributed by atoms with Gasteiger partial charge in [0.1, 0.15) is 6.73 Å². The van der Waals surface area contributed by atoms with Crippen LogP contribution in [0, 0.1) is 0 Å². The Morgan fingerprint density at radius 1 is 1.73 bits per heavy atom. The maximum atomic E-state index is 10.9. The van der Waals surface area contributed by atoms with E-state index in [1.807, 2.05) is 6.92 Å². The van der Waals surface area contributed by atoms with E-state index >= 15 is 0 Å². The average molecular weight is 154 g/mol. The van der Waals surface area contributed by atoms with Crippen molar-refractivity contribution in [3.63, 3.8) is 0 Å². The standard InChI is InChI=1S/C7H10N2O2/c1-2-11-6-9-4-3-8-5-7(9)10/h3-5H,2,6H2,1H3. The molecular formula is C7H10N2O2. The van der Waals surface area contributed by atoms with Gasteiger partial charge in [-0.1, -0.05) is 0 Å². The highest BCUT2D eigenvalue weighted by molar-refractivity contribution is 4.78. The molecule has 0 aliphatic carbocycles. The summed E-state index contributed by atoms with van der Waals surface area (Å²) in [7, 11) is 0. The molecule has 0 unspecified atom stereocenters. The van der Waals surface area contributed by atoms with Crippen LogP contribution in [0.4, 0.5) is 0 Å². The van der Waals surface area contributed by atoms with E-state index in [2.05, 4.69) is 4.98 Å². The van der Waals surface area contributed by atoms with Gasteiger partial charge in [-0.3, -0.25) is 14.3 Å². The van der Waals surface area contributed by atoms with Crippen molar-refractivity contribution in [2.24, 2.45) is 0 Å². The summed E-state index contributed by atoms with van der Waals surface area (Å²) in [5.74, 6) is 0. The average Bonchev–Trinajstić information content (AvgIpc) is 2.03. The molecule has 0 saturated carbocycles. The highest BCUT2D eigenvalue weighted by atomic mass is 16.5. The minimum absolute atomic E-state index is 0.138. The third kappa shape index (κ3) is 2.16. The molecule has 0 radical (unpaired) electrons. The second-order valence-corrected chi connectivity index (χ2v) is 2.01. The molecule has 0 fully saturated rings. The number of rotatable bonds is 3. The number of hydrogen-bond donors (Lipinski definition) is 0. The Morgan fingerprint density at radius 3 is 3.18 bits per heavy atom. The van der Waals surface area contributed by atoms with E-state index in [9.17, 15) is 4.79 Å². The monoisotopic (exact) mass is 154 g/mol. The lowest BCUT2D eigenvalue weighted by Gasteiger charge is -2.02. The molecule has 0 N–H and O–H groups in total. The van der Waals surface area contributed by atoms with Crippen LogP contribution in [-0.4, -0.2) is 16.2 Å². The summed E-state index contributed by atoms with van der Waals surface area (Å²) in [6.07, 6.45) is 4.41. The summed E-state index contributed by atoms with van der Waals surface area (Å²) in [4.78, 5) is 14.6. The molecule has 0 spiro atoms. The Hall–Kier alpha value is -1.16. The molecule has 60 valence electrons. The maximum absolute atomic E-state index is 10.9. The first-order chi connectivity index (χ1) is 5.34. The first-order valence-electron chi connectivity index (χ1n) is 3.43. The predicted octanol–water partition coefficient (Wildman–Crippen LogP) is 0.237. The van der Waals surface area contributed by atoms with Crippen LogP contribution in [0.25, 0.3) is 0 Å². The van der Waals surface area contributed by atoms with E-state index in [1.165, 1.54) is 10.8 Å². The van der Waals surface area contributed by atoms with Crippen molar-refractivity contribution in [3.05, 3.63) is 28.9 Å². The number of nitrogens with zero attached hydrogens (tertiary/aromatic N) is 2. The third-order valence-electron chi connectivity index (χ3n) is 1.24. The number of hydrogen-bond acceptors (Lipinski definition) is 3. The van der Waals surface area contributed by atoms with Crippen LogP contribution in [0.2, 0.25) is 0 Å². The van der Waals surface area contributed by atoms with Crippen LogP contribution in [0.3, 0.4) is 0 Å². The lowest BCUT2D eigenvalue weighted by Crippen LogP contribution is -2.20. The normalized spacial score (nSPS) is 9.91. The van der Waals surface area contributed by atoms with Crippen LogP contribution in [0.5, 0.6) is 0 Å². The van der Waals surface area contributed by atoms with E-state index in [1.54, 1.807) is 12.4 Å². The molecule has 1 aromatic heterocycles. The van der Waals surface area contributed by atoms with Crippen molar-refractivity contribution in [1.29, 1.82) is 0 Å². The fourth-order valence-electron chi connectivity index (χ4n) is 0.670. The van der Waals surface area contributed by atoms with Gasteiger partial charge < -0.3 is 4.74 Å². The van der Waals surface area contributed by atoms with Gasteiger partial charge in [0.15, 0.2) is 0 Å². The van der Waals surface area contributed by atoms with E-state index in [4.69, 9.17) is 4.74 Å². The lowest BCUT2D eigenvalue weighted by atomic mass is 10.7. The molecular weight excluding hydrogens is 144 g/mol. The molecule has 0 atom stereocenters. The van der Waals surface area contributed by atoms with Crippen LogP contribution in [0.15, 0.2) is 23.4 Å². The predicted molar refractivity (Wildman–Crippen MR) is 40.1 cm³/mol. The van der Waals surface area contributed by atoms with Crippen molar-refractivity contribution in [3.8, 4) is 0 Å². The summed E-state index contributed by atoms with van der Waals surface area (Å²) >= 11 is 0. The van der Waals surface area contributed by atoms with Gasteiger partial charge in [-0.25, -0.2) is 0 Å². The van der Waals surface area contributed by atoms with Gasteiger partial charge in [0, 0.05) is 19.0 Å². The van der Waals surface area contributed by atoms with E-state index < -0.39 is 0 Å². The zero-order valence-corrected chi connectivity index (χ0v) is 6.36. The Labute approximate surface area is 64.5 Å². The van der Waals surface area contributed by atoms with Gasteiger partial charge in [0.05, 0.1) is 6.20 Å². The van der Waals surface area contributed by atoms with Crippen molar-refractivity contribution >= 4 is 0 Å². The highest BCUT2D eigenvalue weighted by Crippen LogP contribution is 1.80. The van der Waals surface area contributed by atoms with Crippen molar-refractivity contribution < 1.29 is 4.74 Å². The Kier molecular flexibility index (Phi) is 2.80. The maximum Gasteiger partial charge on any atom is 0.270 e. The van der Waals surface area contributed by atoms with Gasteiger partial charge in [-0.2, -0.15) is 0 Å². The number of ether oxygens (including phenoxy) is 1. The SMILES string of the molecule is CCOCn1ccncc1=O. The zero-order valence-electron chi connectivity index (χ0n) is 6.36. The lowest BCUT2D eigenvalue weighted by molar-refractivity contribution is 0.0851. The molecule has 11 heavy (non-hydrogen) atoms. The molecule has 0 bridgehead atoms. The molecule has 1 heterocycles. The summed E-state index contributed by atoms with van der Waals surface area (Å²) in [6, 6.07) is 0. The van der Waals surface area contributed by atoms with Crippen LogP contribution in [-0.2, 0) is 11.5 Å². The fraction of sp³-hybridized carbons (Fsp3) is 0.429. The number of aromatic nitrogens is 2. The first-order valence-corrected chi connectivity index (χ1v) is 3.43. The zero-order chi connectivity index (χ0) is 8.10. The van der Waals surface area contributed by atoms with Crippen LogP contribution in [0.1, 0.15) is 6.92 Å². The molecule has 0 amide bonds. The summed E-state index contributed by atoms with van der Waals surface area (Å²) < 4.78 is 6.49. The van der Waals surface area contributed by atoms with Gasteiger partial charge in [0.25, 0.3) is 5.56 Å². The topological polar surface area (TPSA) is 44.1 Å². The van der Waals surface area contributed by atoms with Crippen LogP contribution < -0.4 is 5.56 Å². The summed E-state index contributed by atoms with van der Waals surface area (Å²) in [5, 5.41) is 0. The van der Waals surface area contributed by atoms with E-state index in [0.717, 1.165) is 0 Å². The smallest absolute Gasteiger partial charge is 0.270 e. The van der Waals surface area contributed by atoms with Crippen LogP contribution >= 0.6 is 0 Å². The Morgan fingerprint density at radius 2 is 2.55 bits per heavy atom. The van der Waals surface area contributed by atoms with Gasteiger partial charge in [-0.15, -0.1) is 0 Å². The summed E-state index contributed by atoms with van der Waals surface area (Å²) in [6.45, 7) is 2.79. The third-order valence-corrected chi connectivity index (χ3v) is 1.24. The Bertz CT molecular complexity index is 269. The fourth-order valence-corrected chi connectivity index (χ4v) is 0.670. The van der Waals surface area contributed by atoms with Crippen molar-refractivity contribution in [1.82, 2.24) is 9.55 Å². The highest BCUT2D eigenvalue weighted by Gasteiger charge is 1.90. The molecule has 0 saturated heterocycles. The minimum atomic E-state index is -0.138. The van der Waals surface area contributed by atoms with E-state index in [0.29, 0.717) is 13.3 Å². The molecule has 1 rings (SSSR count). The molecule has 4 heteroatoms. The second-order valence-electron chi connectivity index (χ2n) is 2.01. The minimum Gasteiger partial charge on any atom is -0.361 e. The van der Waals surface area contributed by atoms with Crippen molar-refractivity contribution in [2.75, 3.05) is 6.61 Å². The van der Waals surface area contributed by atoms with Gasteiger partial charge in [-0.05, 0) is 6.92 Å². The van der Waals surface area contributed by atoms with Gasteiger partial charge in [0.2, 0.25) is 0 Å². The van der Waals surface area contributed by atoms with E-state index in [-0.39, 0.29) is 5.56 Å². The summed E-state index contributed by atoms with van der Waals surface area (Å²) in [5.41, 5.74) is -0.138. The molecule has 0 aromatic carbocycles. The Balaban J connectivity index is 2.70. The molecule has 0 aliphatic heterocycles. The second kappa shape index (κ2) is 3.88. The quantitative estimate of drug-likeness (QED) is 0.626. The largest absolute Gasteiger partial charge is 0.361 e. The molecule has 1 aromatic rings. The van der Waals surface area contributed by atoms with Gasteiger partial charge >= 0.3 is 0 Å². The first kappa shape index (κ1) is 7.94. The van der Waals surface area contributed by atoms with Crippen molar-refractivity contribution in [2.45, 2.75) is 13.7 Å². The molecule has 0 aliphatic rings. The molecule has 4 nitrogen and oxygen atoms in total.